The number of benzene rings is 2. The maximum absolute atomic E-state index is 13.8. The number of nitrogen functional groups attached to an aromatic ring is 1. The van der Waals surface area contributed by atoms with Gasteiger partial charge in [-0.15, -0.1) is 0 Å². The molecule has 0 atom stereocenters. The van der Waals surface area contributed by atoms with E-state index in [4.69, 9.17) is 23.7 Å². The van der Waals surface area contributed by atoms with Crippen LogP contribution in [-0.2, 0) is 0 Å². The van der Waals surface area contributed by atoms with Crippen molar-refractivity contribution >= 4 is 54.8 Å². The molecule has 0 amide bonds. The third-order valence-electron chi connectivity index (χ3n) is 5.90. The zero-order valence-corrected chi connectivity index (χ0v) is 17.7. The van der Waals surface area contributed by atoms with Crippen LogP contribution in [0, 0.1) is 0 Å². The molecule has 154 valence electrons. The number of alkyl halides is 2. The fourth-order valence-electron chi connectivity index (χ4n) is 4.36. The van der Waals surface area contributed by atoms with Crippen molar-refractivity contribution in [1.82, 2.24) is 9.55 Å². The molecule has 0 bridgehead atoms. The molecule has 4 nitrogen and oxygen atoms in total. The molecule has 2 aromatic carbocycles. The van der Waals surface area contributed by atoms with Crippen LogP contribution in [0.3, 0.4) is 0 Å². The minimum Gasteiger partial charge on any atom is -0.389 e. The number of anilines is 1. The lowest BCUT2D eigenvalue weighted by Gasteiger charge is -2.29. The molecular weight excluding hydrogens is 422 g/mol. The van der Waals surface area contributed by atoms with E-state index < -0.39 is 5.92 Å². The summed E-state index contributed by atoms with van der Waals surface area (Å²) in [6.45, 7) is 0. The van der Waals surface area contributed by atoms with Crippen LogP contribution in [0.2, 0.25) is 0 Å². The van der Waals surface area contributed by atoms with Gasteiger partial charge in [0, 0.05) is 41.6 Å². The van der Waals surface area contributed by atoms with Crippen molar-refractivity contribution in [3.05, 3.63) is 48.2 Å². The van der Waals surface area contributed by atoms with Crippen molar-refractivity contribution in [2.75, 3.05) is 5.73 Å². The summed E-state index contributed by atoms with van der Waals surface area (Å²) in [4.78, 5) is 4.76. The Morgan fingerprint density at radius 3 is 2.70 bits per heavy atom. The highest BCUT2D eigenvalue weighted by atomic mass is 32.1. The third kappa shape index (κ3) is 3.33. The molecule has 1 aliphatic carbocycles. The fourth-order valence-corrected chi connectivity index (χ4v) is 5.25. The first kappa shape index (κ1) is 19.4. The molecule has 8 heteroatoms. The molecular formula is C22H20F2N4S2. The first-order chi connectivity index (χ1) is 14.3. The molecule has 1 fully saturated rings. The zero-order chi connectivity index (χ0) is 21.0. The minimum atomic E-state index is -2.57. The Hall–Kier alpha value is -2.58. The van der Waals surface area contributed by atoms with Gasteiger partial charge >= 0.3 is 0 Å². The van der Waals surface area contributed by atoms with E-state index in [2.05, 4.69) is 21.8 Å². The molecule has 30 heavy (non-hydrogen) atoms. The summed E-state index contributed by atoms with van der Waals surface area (Å²) < 4.78 is 30.6. The van der Waals surface area contributed by atoms with Gasteiger partial charge in [-0.2, -0.15) is 0 Å². The Morgan fingerprint density at radius 2 is 1.97 bits per heavy atom. The van der Waals surface area contributed by atoms with Crippen LogP contribution in [0.5, 0.6) is 0 Å². The average molecular weight is 443 g/mol. The highest BCUT2D eigenvalue weighted by molar-refractivity contribution is 7.80. The zero-order valence-electron chi connectivity index (χ0n) is 16.1. The number of hydrogen-bond acceptors (Lipinski definition) is 4. The van der Waals surface area contributed by atoms with Gasteiger partial charge in [-0.25, -0.2) is 13.8 Å². The molecule has 0 saturated heterocycles. The quantitative estimate of drug-likeness (QED) is 0.389. The van der Waals surface area contributed by atoms with Gasteiger partial charge in [0.05, 0.1) is 15.7 Å². The van der Waals surface area contributed by atoms with Crippen LogP contribution in [0.4, 0.5) is 13.9 Å². The summed E-state index contributed by atoms with van der Waals surface area (Å²) >= 11 is 6.58. The fraction of sp³-hybridized carbons (Fsp3) is 0.273. The SMILES string of the molecule is NC(=S)c1cccc(-c2cn(C3CCC(F)(F)CC3)c3cc4nc(N)sc4cc23)c1. The molecule has 2 aromatic heterocycles. The molecule has 2 heterocycles. The summed E-state index contributed by atoms with van der Waals surface area (Å²) in [5.41, 5.74) is 16.4. The number of hydrogen-bond donors (Lipinski definition) is 2. The van der Waals surface area contributed by atoms with Crippen LogP contribution in [-0.4, -0.2) is 20.5 Å². The largest absolute Gasteiger partial charge is 0.389 e. The second kappa shape index (κ2) is 6.99. The first-order valence-electron chi connectivity index (χ1n) is 9.79. The lowest BCUT2D eigenvalue weighted by atomic mass is 9.92. The molecule has 1 saturated carbocycles. The molecule has 0 radical (unpaired) electrons. The van der Waals surface area contributed by atoms with Crippen LogP contribution in [0.25, 0.3) is 32.2 Å². The normalized spacial score (nSPS) is 17.0. The van der Waals surface area contributed by atoms with E-state index in [0.717, 1.165) is 37.8 Å². The average Bonchev–Trinajstić information content (AvgIpc) is 3.25. The Balaban J connectivity index is 1.71. The Bertz CT molecular complexity index is 1280. The standard InChI is InChI=1S/C22H20F2N4S2/c23-22(24)6-4-14(5-7-22)28-11-16(12-2-1-3-13(8-12)20(25)29)15-9-19-17(10-18(15)28)27-21(26)30-19/h1-3,8-11,14H,4-7H2,(H2,25,29)(H2,26,27). The minimum absolute atomic E-state index is 0.0214. The van der Waals surface area contributed by atoms with E-state index in [0.29, 0.717) is 23.0 Å². The number of nitrogens with two attached hydrogens (primary N) is 2. The van der Waals surface area contributed by atoms with Gasteiger partial charge in [-0.1, -0.05) is 41.8 Å². The van der Waals surface area contributed by atoms with Gasteiger partial charge in [-0.3, -0.25) is 0 Å². The number of fused-ring (bicyclic) bond motifs is 2. The smallest absolute Gasteiger partial charge is 0.248 e. The van der Waals surface area contributed by atoms with Crippen LogP contribution < -0.4 is 11.5 Å². The van der Waals surface area contributed by atoms with Crippen molar-refractivity contribution in [3.63, 3.8) is 0 Å². The van der Waals surface area contributed by atoms with Gasteiger partial charge < -0.3 is 16.0 Å². The molecule has 4 aromatic rings. The summed E-state index contributed by atoms with van der Waals surface area (Å²) in [7, 11) is 0. The highest BCUT2D eigenvalue weighted by Crippen LogP contribution is 2.43. The van der Waals surface area contributed by atoms with E-state index in [-0.39, 0.29) is 18.9 Å². The van der Waals surface area contributed by atoms with Gasteiger partial charge in [0.1, 0.15) is 4.99 Å². The van der Waals surface area contributed by atoms with Crippen molar-refractivity contribution in [2.24, 2.45) is 5.73 Å². The predicted octanol–water partition coefficient (Wildman–Crippen LogP) is 5.88. The predicted molar refractivity (Wildman–Crippen MR) is 123 cm³/mol. The maximum Gasteiger partial charge on any atom is 0.248 e. The summed E-state index contributed by atoms with van der Waals surface area (Å²) in [5, 5.41) is 1.56. The van der Waals surface area contributed by atoms with Crippen molar-refractivity contribution in [2.45, 2.75) is 37.6 Å². The Morgan fingerprint density at radius 1 is 1.20 bits per heavy atom. The Kier molecular flexibility index (Phi) is 4.52. The van der Waals surface area contributed by atoms with Gasteiger partial charge in [-0.05, 0) is 36.6 Å². The van der Waals surface area contributed by atoms with Gasteiger partial charge in [0.15, 0.2) is 5.13 Å². The molecule has 1 aliphatic rings. The number of thiazole rings is 1. The third-order valence-corrected chi connectivity index (χ3v) is 6.98. The monoisotopic (exact) mass is 442 g/mol. The second-order valence-corrected chi connectivity index (χ2v) is 9.37. The van der Waals surface area contributed by atoms with E-state index in [1.807, 2.05) is 30.3 Å². The maximum atomic E-state index is 13.8. The van der Waals surface area contributed by atoms with Crippen LogP contribution in [0.15, 0.2) is 42.6 Å². The molecule has 4 N–H and O–H groups in total. The van der Waals surface area contributed by atoms with Crippen LogP contribution >= 0.6 is 23.6 Å². The summed E-state index contributed by atoms with van der Waals surface area (Å²) in [5.74, 6) is -2.57. The van der Waals surface area contributed by atoms with Crippen molar-refractivity contribution in [3.8, 4) is 11.1 Å². The number of thiocarbonyl (C=S) groups is 1. The number of rotatable bonds is 3. The molecule has 0 unspecified atom stereocenters. The topological polar surface area (TPSA) is 69.9 Å². The lowest BCUT2D eigenvalue weighted by Crippen LogP contribution is -2.26. The van der Waals surface area contributed by atoms with Crippen molar-refractivity contribution < 1.29 is 8.78 Å². The van der Waals surface area contributed by atoms with Crippen LogP contribution in [0.1, 0.15) is 37.3 Å². The van der Waals surface area contributed by atoms with Gasteiger partial charge in [0.2, 0.25) is 5.92 Å². The Labute approximate surface area is 181 Å². The molecule has 0 aliphatic heterocycles. The summed E-state index contributed by atoms with van der Waals surface area (Å²) in [6.07, 6.45) is 2.79. The molecule has 0 spiro atoms. The lowest BCUT2D eigenvalue weighted by molar-refractivity contribution is -0.0435. The van der Waals surface area contributed by atoms with Gasteiger partial charge in [0.25, 0.3) is 0 Å². The molecule has 5 rings (SSSR count). The number of nitrogens with zero attached hydrogens (tertiary/aromatic N) is 2. The van der Waals surface area contributed by atoms with E-state index >= 15 is 0 Å². The van der Waals surface area contributed by atoms with E-state index in [9.17, 15) is 8.78 Å². The number of aromatic nitrogens is 2. The van der Waals surface area contributed by atoms with E-state index in [1.54, 1.807) is 0 Å². The summed E-state index contributed by atoms with van der Waals surface area (Å²) in [6, 6.07) is 11.9. The highest BCUT2D eigenvalue weighted by Gasteiger charge is 2.36. The number of halogens is 2. The first-order valence-corrected chi connectivity index (χ1v) is 11.0. The second-order valence-electron chi connectivity index (χ2n) is 7.87. The van der Waals surface area contributed by atoms with E-state index in [1.165, 1.54) is 11.3 Å². The van der Waals surface area contributed by atoms with Crippen molar-refractivity contribution in [1.29, 1.82) is 0 Å².